The van der Waals surface area contributed by atoms with Gasteiger partial charge >= 0.3 is 0 Å². The fourth-order valence-corrected chi connectivity index (χ4v) is 5.44. The van der Waals surface area contributed by atoms with E-state index < -0.39 is 0 Å². The summed E-state index contributed by atoms with van der Waals surface area (Å²) in [5, 5.41) is 12.4. The number of aromatic nitrogens is 2. The second kappa shape index (κ2) is 6.45. The van der Waals surface area contributed by atoms with Crippen LogP contribution in [-0.4, -0.2) is 41.0 Å². The van der Waals surface area contributed by atoms with Crippen molar-refractivity contribution in [3.63, 3.8) is 0 Å². The zero-order valence-electron chi connectivity index (χ0n) is 13.7. The van der Waals surface area contributed by atoms with Gasteiger partial charge in [-0.3, -0.25) is 4.79 Å². The number of carbonyl (C=O) groups is 1. The molecule has 3 aromatic heterocycles. The summed E-state index contributed by atoms with van der Waals surface area (Å²) in [6.45, 7) is 1.93. The van der Waals surface area contributed by atoms with Gasteiger partial charge in [-0.2, -0.15) is 0 Å². The molecule has 0 radical (unpaired) electrons. The number of nitrogens with one attached hydrogen (secondary N) is 2. The van der Waals surface area contributed by atoms with Gasteiger partial charge in [0.15, 0.2) is 0 Å². The minimum atomic E-state index is -0.204. The molecule has 9 heteroatoms. The number of hydrogen-bond donors (Lipinski definition) is 2. The first-order chi connectivity index (χ1) is 12.7. The highest BCUT2D eigenvalue weighted by molar-refractivity contribution is 7.17. The van der Waals surface area contributed by atoms with E-state index in [0.717, 1.165) is 23.7 Å². The minimum Gasteiger partial charge on any atom is -0.349 e. The summed E-state index contributed by atoms with van der Waals surface area (Å²) in [6, 6.07) is 0.968. The zero-order chi connectivity index (χ0) is 17.7. The van der Waals surface area contributed by atoms with Gasteiger partial charge in [0.1, 0.15) is 16.2 Å². The van der Waals surface area contributed by atoms with Crippen molar-refractivity contribution in [3.05, 3.63) is 32.9 Å². The van der Waals surface area contributed by atoms with Gasteiger partial charge in [0.05, 0.1) is 22.5 Å². The summed E-state index contributed by atoms with van der Waals surface area (Å²) in [6.07, 6.45) is 4.21. The molecule has 3 aliphatic heterocycles. The number of amides is 1. The number of rotatable bonds is 3. The summed E-state index contributed by atoms with van der Waals surface area (Å²) in [5.74, 6) is 0.652. The largest absolute Gasteiger partial charge is 0.349 e. The third kappa shape index (κ3) is 2.77. The number of anilines is 2. The molecule has 0 aliphatic carbocycles. The molecule has 2 atom stereocenters. The maximum absolute atomic E-state index is 12.7. The first kappa shape index (κ1) is 16.4. The Morgan fingerprint density at radius 1 is 1.35 bits per heavy atom. The second-order valence-electron chi connectivity index (χ2n) is 6.61. The Bertz CT molecular complexity index is 979. The third-order valence-corrected chi connectivity index (χ3v) is 7.08. The van der Waals surface area contributed by atoms with Gasteiger partial charge in [-0.05, 0) is 12.8 Å². The van der Waals surface area contributed by atoms with Gasteiger partial charge < -0.3 is 15.5 Å². The van der Waals surface area contributed by atoms with Crippen LogP contribution in [0.1, 0.15) is 23.2 Å². The molecule has 3 aliphatic rings. The van der Waals surface area contributed by atoms with Crippen LogP contribution in [0.25, 0.3) is 10.3 Å². The van der Waals surface area contributed by atoms with Gasteiger partial charge in [-0.15, -0.1) is 22.7 Å². The van der Waals surface area contributed by atoms with Crippen LogP contribution in [0.3, 0.4) is 0 Å². The molecule has 2 N–H and O–H groups in total. The molecule has 3 aromatic rings. The first-order valence-electron chi connectivity index (χ1n) is 8.46. The van der Waals surface area contributed by atoms with E-state index in [1.54, 1.807) is 5.38 Å². The highest BCUT2D eigenvalue weighted by Gasteiger charge is 2.34. The van der Waals surface area contributed by atoms with Crippen LogP contribution >= 0.6 is 34.3 Å². The van der Waals surface area contributed by atoms with Crippen LogP contribution < -0.4 is 15.5 Å². The molecule has 1 unspecified atom stereocenters. The first-order valence-corrected chi connectivity index (χ1v) is 10.7. The van der Waals surface area contributed by atoms with Crippen LogP contribution in [0.4, 0.5) is 11.5 Å². The van der Waals surface area contributed by atoms with Crippen molar-refractivity contribution in [2.45, 2.75) is 24.9 Å². The number of halogens is 1. The van der Waals surface area contributed by atoms with Crippen LogP contribution in [0.5, 0.6) is 0 Å². The summed E-state index contributed by atoms with van der Waals surface area (Å²) < 4.78 is 0. The topological polar surface area (TPSA) is 70.2 Å². The number of piperazine rings is 1. The lowest BCUT2D eigenvalue weighted by atomic mass is 9.93. The Morgan fingerprint density at radius 2 is 2.27 bits per heavy atom. The summed E-state index contributed by atoms with van der Waals surface area (Å²) in [5.41, 5.74) is 1.83. The average molecular weight is 406 g/mol. The van der Waals surface area contributed by atoms with Crippen LogP contribution in [0, 0.1) is 0 Å². The molecule has 6 heterocycles. The van der Waals surface area contributed by atoms with E-state index in [1.807, 2.05) is 17.0 Å². The van der Waals surface area contributed by atoms with Gasteiger partial charge in [-0.25, -0.2) is 9.97 Å². The van der Waals surface area contributed by atoms with E-state index >= 15 is 0 Å². The Labute approximate surface area is 163 Å². The highest BCUT2D eigenvalue weighted by atomic mass is 35.5. The SMILES string of the molecule is O=C(Nc1cscc1Cl)c1csc2ncc(N3CC4CC[C@H]3CN4)nc12. The normalized spacial score (nSPS) is 22.1. The molecule has 3 fully saturated rings. The number of piperidine rings is 2. The van der Waals surface area contributed by atoms with Crippen LogP contribution in [0.15, 0.2) is 22.3 Å². The van der Waals surface area contributed by atoms with Crippen molar-refractivity contribution in [2.24, 2.45) is 0 Å². The van der Waals surface area contributed by atoms with E-state index in [4.69, 9.17) is 16.6 Å². The molecule has 26 heavy (non-hydrogen) atoms. The number of fused-ring (bicyclic) bond motifs is 4. The van der Waals surface area contributed by atoms with Crippen molar-refractivity contribution in [1.82, 2.24) is 15.3 Å². The molecule has 6 rings (SSSR count). The lowest BCUT2D eigenvalue weighted by Gasteiger charge is -2.46. The molecule has 0 saturated carbocycles. The lowest BCUT2D eigenvalue weighted by Crippen LogP contribution is -2.61. The quantitative estimate of drug-likeness (QED) is 0.696. The predicted molar refractivity (Wildman–Crippen MR) is 107 cm³/mol. The molecule has 1 amide bonds. The molecule has 6 nitrogen and oxygen atoms in total. The number of nitrogens with zero attached hydrogens (tertiary/aromatic N) is 3. The highest BCUT2D eigenvalue weighted by Crippen LogP contribution is 2.31. The molecule has 134 valence electrons. The fourth-order valence-electron chi connectivity index (χ4n) is 3.65. The Balaban J connectivity index is 1.47. The number of carbonyl (C=O) groups excluding carboxylic acids is 1. The van der Waals surface area contributed by atoms with Crippen molar-refractivity contribution < 1.29 is 4.79 Å². The predicted octanol–water partition coefficient (Wildman–Crippen LogP) is 3.60. The minimum absolute atomic E-state index is 0.204. The van der Waals surface area contributed by atoms with Gasteiger partial charge in [-0.1, -0.05) is 11.6 Å². The molecule has 3 saturated heterocycles. The third-order valence-electron chi connectivity index (χ3n) is 5.02. The number of hydrogen-bond acceptors (Lipinski definition) is 7. The zero-order valence-corrected chi connectivity index (χ0v) is 16.1. The van der Waals surface area contributed by atoms with E-state index in [9.17, 15) is 4.79 Å². The van der Waals surface area contributed by atoms with Crippen molar-refractivity contribution in [3.8, 4) is 0 Å². The monoisotopic (exact) mass is 405 g/mol. The molecule has 2 bridgehead atoms. The van der Waals surface area contributed by atoms with Gasteiger partial charge in [0.2, 0.25) is 0 Å². The van der Waals surface area contributed by atoms with E-state index in [2.05, 4.69) is 20.5 Å². The maximum atomic E-state index is 12.7. The average Bonchev–Trinajstić information content (AvgIpc) is 3.28. The number of thiophene rings is 2. The van der Waals surface area contributed by atoms with Gasteiger partial charge in [0, 0.05) is 41.3 Å². The fraction of sp³-hybridized carbons (Fsp3) is 0.353. The molecular weight excluding hydrogens is 390 g/mol. The summed E-state index contributed by atoms with van der Waals surface area (Å²) in [4.78, 5) is 25.2. The Hall–Kier alpha value is -1.74. The molecule has 0 aromatic carbocycles. The van der Waals surface area contributed by atoms with E-state index in [0.29, 0.717) is 33.9 Å². The maximum Gasteiger partial charge on any atom is 0.258 e. The van der Waals surface area contributed by atoms with E-state index in [-0.39, 0.29) is 5.91 Å². The smallest absolute Gasteiger partial charge is 0.258 e. The Morgan fingerprint density at radius 3 is 2.96 bits per heavy atom. The van der Waals surface area contributed by atoms with Crippen molar-refractivity contribution in [2.75, 3.05) is 23.3 Å². The van der Waals surface area contributed by atoms with Crippen LogP contribution in [-0.2, 0) is 0 Å². The van der Waals surface area contributed by atoms with E-state index in [1.165, 1.54) is 35.5 Å². The summed E-state index contributed by atoms with van der Waals surface area (Å²) >= 11 is 8.97. The summed E-state index contributed by atoms with van der Waals surface area (Å²) in [7, 11) is 0. The Kier molecular flexibility index (Phi) is 4.08. The van der Waals surface area contributed by atoms with Crippen molar-refractivity contribution in [1.29, 1.82) is 0 Å². The second-order valence-corrected chi connectivity index (χ2v) is 8.62. The standard InChI is InChI=1S/C17H16ClN5OS2/c18-12-7-25-8-13(12)21-16(24)11-6-26-17-15(11)22-14(4-20-17)23-5-9-1-2-10(23)3-19-9/h4,6-10,19H,1-3,5H2,(H,21,24)/t9?,10-/m0/s1. The van der Waals surface area contributed by atoms with Crippen molar-refractivity contribution >= 4 is 62.0 Å². The van der Waals surface area contributed by atoms with Gasteiger partial charge in [0.25, 0.3) is 5.91 Å². The molecule has 0 spiro atoms. The van der Waals surface area contributed by atoms with Crippen LogP contribution in [0.2, 0.25) is 5.02 Å². The lowest BCUT2D eigenvalue weighted by molar-refractivity contribution is 0.102. The molecular formula is C17H16ClN5OS2.